The summed E-state index contributed by atoms with van der Waals surface area (Å²) in [6.07, 6.45) is 9.28. The molecule has 29 heavy (non-hydrogen) atoms. The van der Waals surface area contributed by atoms with E-state index < -0.39 is 11.6 Å². The average molecular weight is 407 g/mol. The molecule has 0 unspecified atom stereocenters. The Kier molecular flexibility index (Phi) is 5.38. The van der Waals surface area contributed by atoms with Gasteiger partial charge in [-0.2, -0.15) is 0 Å². The monoisotopic (exact) mass is 406 g/mol. The van der Waals surface area contributed by atoms with E-state index in [0.717, 1.165) is 32.1 Å². The summed E-state index contributed by atoms with van der Waals surface area (Å²) in [5, 5.41) is 31.1. The van der Waals surface area contributed by atoms with Crippen LogP contribution >= 0.6 is 0 Å². The van der Waals surface area contributed by atoms with Crippen molar-refractivity contribution in [3.05, 3.63) is 0 Å². The zero-order valence-corrected chi connectivity index (χ0v) is 18.9. The summed E-state index contributed by atoms with van der Waals surface area (Å²) in [6.45, 7) is 9.25. The third kappa shape index (κ3) is 3.37. The van der Waals surface area contributed by atoms with E-state index in [1.807, 2.05) is 0 Å². The lowest BCUT2D eigenvalue weighted by Crippen LogP contribution is -2.62. The molecule has 0 amide bonds. The van der Waals surface area contributed by atoms with Crippen LogP contribution in [-0.4, -0.2) is 33.0 Å². The van der Waals surface area contributed by atoms with Crippen LogP contribution in [0.5, 0.6) is 0 Å². The number of aliphatic hydroxyl groups is 2. The van der Waals surface area contributed by atoms with Crippen molar-refractivity contribution in [3.63, 3.8) is 0 Å². The molecule has 0 aromatic rings. The molecule has 0 heterocycles. The lowest BCUT2D eigenvalue weighted by molar-refractivity contribution is -0.212. The van der Waals surface area contributed by atoms with Gasteiger partial charge in [-0.1, -0.05) is 20.8 Å². The summed E-state index contributed by atoms with van der Waals surface area (Å²) in [5.41, 5.74) is -0.182. The number of carboxylic acids is 1. The van der Waals surface area contributed by atoms with Crippen molar-refractivity contribution in [2.75, 3.05) is 0 Å². The molecule has 10 atom stereocenters. The summed E-state index contributed by atoms with van der Waals surface area (Å²) < 4.78 is 0. The van der Waals surface area contributed by atoms with E-state index in [9.17, 15) is 15.0 Å². The molecule has 166 valence electrons. The number of carbonyl (C=O) groups is 1. The topological polar surface area (TPSA) is 77.8 Å². The fourth-order valence-electron chi connectivity index (χ4n) is 9.11. The Hall–Kier alpha value is -0.610. The Morgan fingerprint density at radius 2 is 1.69 bits per heavy atom. The van der Waals surface area contributed by atoms with E-state index >= 15 is 0 Å². The molecule has 4 aliphatic carbocycles. The molecule has 4 nitrogen and oxygen atoms in total. The standard InChI is InChI=1S/C25H42O4/c1-15(5-8-21(27)28)18-6-7-19-22-20(10-12-24(18,19)3)23(2)11-9-17(26)13-16(23)14-25(22,4)29/h15-20,22,26,29H,5-14H2,1-4H3,(H,27,28)/t15-,16+,17-,18-,19+,20+,22+,23+,24-,25-/m1/s1. The Morgan fingerprint density at radius 1 is 1.03 bits per heavy atom. The van der Waals surface area contributed by atoms with Gasteiger partial charge in [0, 0.05) is 6.42 Å². The number of rotatable bonds is 4. The Balaban J connectivity index is 1.60. The van der Waals surface area contributed by atoms with Gasteiger partial charge in [0.25, 0.3) is 0 Å². The zero-order chi connectivity index (χ0) is 21.2. The minimum Gasteiger partial charge on any atom is -0.481 e. The molecular weight excluding hydrogens is 364 g/mol. The minimum atomic E-state index is -0.686. The van der Waals surface area contributed by atoms with Gasteiger partial charge < -0.3 is 15.3 Å². The normalized spacial score (nSPS) is 52.9. The minimum absolute atomic E-state index is 0.194. The molecule has 0 aromatic heterocycles. The number of fused-ring (bicyclic) bond motifs is 5. The SMILES string of the molecule is C[C@H](CCC(=O)O)[C@H]1CC[C@H]2[C@H]3[C@H](CC[C@]12C)[C@@]1(C)CC[C@@H](O)C[C@H]1C[C@@]3(C)O. The van der Waals surface area contributed by atoms with Crippen LogP contribution in [0.15, 0.2) is 0 Å². The Bertz CT molecular complexity index is 645. The molecule has 4 heteroatoms. The maximum atomic E-state index is 11.7. The Morgan fingerprint density at radius 3 is 2.38 bits per heavy atom. The number of hydrogen-bond donors (Lipinski definition) is 3. The second-order valence-electron chi connectivity index (χ2n) is 12.1. The summed E-state index contributed by atoms with van der Waals surface area (Å²) in [4.78, 5) is 11.1. The number of aliphatic hydroxyl groups excluding tert-OH is 1. The predicted molar refractivity (Wildman–Crippen MR) is 113 cm³/mol. The second kappa shape index (κ2) is 7.22. The maximum absolute atomic E-state index is 11.7. The third-order valence-electron chi connectivity index (χ3n) is 10.6. The van der Waals surface area contributed by atoms with Crippen LogP contribution in [0.2, 0.25) is 0 Å². The summed E-state index contributed by atoms with van der Waals surface area (Å²) in [7, 11) is 0. The molecule has 4 rings (SSSR count). The maximum Gasteiger partial charge on any atom is 0.303 e. The van der Waals surface area contributed by atoms with E-state index in [1.54, 1.807) is 0 Å². The van der Waals surface area contributed by atoms with Crippen molar-refractivity contribution in [3.8, 4) is 0 Å². The molecule has 0 aliphatic heterocycles. The van der Waals surface area contributed by atoms with Crippen LogP contribution < -0.4 is 0 Å². The highest BCUT2D eigenvalue weighted by atomic mass is 16.4. The van der Waals surface area contributed by atoms with Crippen LogP contribution in [-0.2, 0) is 4.79 Å². The van der Waals surface area contributed by atoms with Crippen molar-refractivity contribution in [1.29, 1.82) is 0 Å². The molecule has 0 aromatic carbocycles. The van der Waals surface area contributed by atoms with Gasteiger partial charge in [0.05, 0.1) is 11.7 Å². The molecule has 0 bridgehead atoms. The summed E-state index contributed by atoms with van der Waals surface area (Å²) in [5.74, 6) is 2.18. The first-order chi connectivity index (χ1) is 13.5. The van der Waals surface area contributed by atoms with Crippen molar-refractivity contribution in [2.24, 2.45) is 46.3 Å². The van der Waals surface area contributed by atoms with Gasteiger partial charge in [-0.05, 0) is 111 Å². The van der Waals surface area contributed by atoms with E-state index in [0.29, 0.717) is 35.5 Å². The van der Waals surface area contributed by atoms with E-state index in [-0.39, 0.29) is 23.4 Å². The van der Waals surface area contributed by atoms with Gasteiger partial charge >= 0.3 is 5.97 Å². The first kappa shape index (κ1) is 21.6. The highest BCUT2D eigenvalue weighted by Crippen LogP contribution is 2.70. The lowest BCUT2D eigenvalue weighted by atomic mass is 9.41. The molecule has 4 saturated carbocycles. The van der Waals surface area contributed by atoms with E-state index in [1.165, 1.54) is 25.7 Å². The lowest BCUT2D eigenvalue weighted by Gasteiger charge is -2.65. The van der Waals surface area contributed by atoms with Gasteiger partial charge in [-0.25, -0.2) is 0 Å². The van der Waals surface area contributed by atoms with Crippen LogP contribution in [0.1, 0.15) is 91.9 Å². The van der Waals surface area contributed by atoms with Crippen molar-refractivity contribution in [2.45, 2.75) is 104 Å². The molecule has 0 radical (unpaired) electrons. The molecule has 3 N–H and O–H groups in total. The zero-order valence-electron chi connectivity index (χ0n) is 18.9. The van der Waals surface area contributed by atoms with Crippen molar-refractivity contribution < 1.29 is 20.1 Å². The highest BCUT2D eigenvalue weighted by Gasteiger charge is 2.65. The number of aliphatic carboxylic acids is 1. The molecule has 4 fully saturated rings. The van der Waals surface area contributed by atoms with Gasteiger partial charge in [-0.15, -0.1) is 0 Å². The van der Waals surface area contributed by atoms with E-state index in [2.05, 4.69) is 27.7 Å². The molecule has 0 spiro atoms. The summed E-state index contributed by atoms with van der Waals surface area (Å²) >= 11 is 0. The molecule has 4 aliphatic rings. The first-order valence-corrected chi connectivity index (χ1v) is 12.1. The van der Waals surface area contributed by atoms with Gasteiger partial charge in [0.15, 0.2) is 0 Å². The van der Waals surface area contributed by atoms with E-state index in [4.69, 9.17) is 5.11 Å². The van der Waals surface area contributed by atoms with Crippen molar-refractivity contribution >= 4 is 5.97 Å². The first-order valence-electron chi connectivity index (χ1n) is 12.1. The fourth-order valence-corrected chi connectivity index (χ4v) is 9.11. The van der Waals surface area contributed by atoms with Gasteiger partial charge in [-0.3, -0.25) is 4.79 Å². The predicted octanol–water partition coefficient (Wildman–Crippen LogP) is 4.87. The molecular formula is C25H42O4. The van der Waals surface area contributed by atoms with Crippen LogP contribution in [0.3, 0.4) is 0 Å². The van der Waals surface area contributed by atoms with Crippen molar-refractivity contribution in [1.82, 2.24) is 0 Å². The quantitative estimate of drug-likeness (QED) is 0.622. The Labute approximate surface area is 176 Å². The smallest absolute Gasteiger partial charge is 0.303 e. The summed E-state index contributed by atoms with van der Waals surface area (Å²) in [6, 6.07) is 0. The second-order valence-corrected chi connectivity index (χ2v) is 12.1. The van der Waals surface area contributed by atoms with Crippen LogP contribution in [0, 0.1) is 46.3 Å². The van der Waals surface area contributed by atoms with Gasteiger partial charge in [0.1, 0.15) is 0 Å². The molecule has 0 saturated heterocycles. The number of hydrogen-bond acceptors (Lipinski definition) is 3. The largest absolute Gasteiger partial charge is 0.481 e. The highest BCUT2D eigenvalue weighted by molar-refractivity contribution is 5.66. The average Bonchev–Trinajstić information content (AvgIpc) is 2.98. The van der Waals surface area contributed by atoms with Crippen LogP contribution in [0.4, 0.5) is 0 Å². The third-order valence-corrected chi connectivity index (χ3v) is 10.6. The van der Waals surface area contributed by atoms with Gasteiger partial charge in [0.2, 0.25) is 0 Å². The number of carboxylic acid groups (broad SMARTS) is 1. The van der Waals surface area contributed by atoms with Crippen LogP contribution in [0.25, 0.3) is 0 Å². The fraction of sp³-hybridized carbons (Fsp3) is 0.960.